The van der Waals surface area contributed by atoms with Crippen LogP contribution in [-0.4, -0.2) is 25.1 Å². The van der Waals surface area contributed by atoms with Crippen molar-refractivity contribution in [3.63, 3.8) is 0 Å². The minimum absolute atomic E-state index is 0.0448. The molecule has 0 heterocycles. The van der Waals surface area contributed by atoms with E-state index in [1.807, 2.05) is 37.3 Å². The lowest BCUT2D eigenvalue weighted by molar-refractivity contribution is -0.150. The molecule has 0 radical (unpaired) electrons. The lowest BCUT2D eigenvalue weighted by atomic mass is 10.1. The number of halogens is 1. The lowest BCUT2D eigenvalue weighted by Crippen LogP contribution is -2.31. The first-order valence-corrected chi connectivity index (χ1v) is 7.43. The van der Waals surface area contributed by atoms with Crippen molar-refractivity contribution in [3.8, 4) is 5.75 Å². The van der Waals surface area contributed by atoms with Gasteiger partial charge in [0.05, 0.1) is 6.04 Å². The van der Waals surface area contributed by atoms with Crippen molar-refractivity contribution < 1.29 is 23.5 Å². The second-order valence-electron chi connectivity index (χ2n) is 5.08. The normalized spacial score (nSPS) is 11.4. The summed E-state index contributed by atoms with van der Waals surface area (Å²) >= 11 is 0. The minimum Gasteiger partial charge on any atom is -0.479 e. The highest BCUT2D eigenvalue weighted by atomic mass is 19.1. The smallest absolute Gasteiger partial charge is 0.344 e. The average molecular weight is 331 g/mol. The van der Waals surface area contributed by atoms with Gasteiger partial charge in [-0.05, 0) is 24.6 Å². The van der Waals surface area contributed by atoms with Gasteiger partial charge >= 0.3 is 5.97 Å². The fourth-order valence-corrected chi connectivity index (χ4v) is 1.99. The van der Waals surface area contributed by atoms with Crippen LogP contribution >= 0.6 is 0 Å². The minimum atomic E-state index is -0.749. The summed E-state index contributed by atoms with van der Waals surface area (Å²) in [4.78, 5) is 23.3. The third kappa shape index (κ3) is 5.39. The van der Waals surface area contributed by atoms with Crippen molar-refractivity contribution in [2.75, 3.05) is 13.2 Å². The number of ether oxygens (including phenoxy) is 2. The topological polar surface area (TPSA) is 64.6 Å². The highest BCUT2D eigenvalue weighted by molar-refractivity contribution is 5.81. The van der Waals surface area contributed by atoms with Crippen LogP contribution in [0.15, 0.2) is 54.6 Å². The van der Waals surface area contributed by atoms with Gasteiger partial charge < -0.3 is 14.8 Å². The van der Waals surface area contributed by atoms with E-state index in [9.17, 15) is 14.0 Å². The fourth-order valence-electron chi connectivity index (χ4n) is 1.99. The van der Waals surface area contributed by atoms with Gasteiger partial charge in [-0.3, -0.25) is 4.79 Å². The quantitative estimate of drug-likeness (QED) is 0.792. The molecule has 0 saturated heterocycles. The number of rotatable bonds is 7. The van der Waals surface area contributed by atoms with Crippen LogP contribution in [0.5, 0.6) is 5.75 Å². The standard InChI is InChI=1S/C18H18FNO4/c1-13(14-7-3-2-4-8-14)20-17(21)11-24-18(22)12-23-16-10-6-5-9-15(16)19/h2-10,13H,11-12H2,1H3,(H,20,21)/t13-/m1/s1. The Balaban J connectivity index is 1.71. The maximum Gasteiger partial charge on any atom is 0.344 e. The first-order valence-electron chi connectivity index (χ1n) is 7.43. The van der Waals surface area contributed by atoms with Crippen molar-refractivity contribution >= 4 is 11.9 Å². The van der Waals surface area contributed by atoms with Gasteiger partial charge in [-0.1, -0.05) is 42.5 Å². The molecule has 1 amide bonds. The monoisotopic (exact) mass is 331 g/mol. The molecule has 2 aromatic rings. The van der Waals surface area contributed by atoms with Crippen LogP contribution in [0.2, 0.25) is 0 Å². The summed E-state index contributed by atoms with van der Waals surface area (Å²) < 4.78 is 23.1. The van der Waals surface area contributed by atoms with E-state index in [1.165, 1.54) is 18.2 Å². The number of amides is 1. The van der Waals surface area contributed by atoms with Gasteiger partial charge in [0, 0.05) is 0 Å². The molecule has 0 aliphatic rings. The maximum atomic E-state index is 13.3. The molecule has 0 fully saturated rings. The molecular weight excluding hydrogens is 313 g/mol. The summed E-state index contributed by atoms with van der Waals surface area (Å²) in [6.07, 6.45) is 0. The average Bonchev–Trinajstić information content (AvgIpc) is 2.60. The van der Waals surface area contributed by atoms with Gasteiger partial charge in [-0.25, -0.2) is 9.18 Å². The van der Waals surface area contributed by atoms with Crippen LogP contribution < -0.4 is 10.1 Å². The number of benzene rings is 2. The van der Waals surface area contributed by atoms with Crippen molar-refractivity contribution in [1.82, 2.24) is 5.32 Å². The summed E-state index contributed by atoms with van der Waals surface area (Å²) in [5, 5.41) is 2.72. The second kappa shape index (κ2) is 8.67. The predicted molar refractivity (Wildman–Crippen MR) is 85.9 cm³/mol. The Morgan fingerprint density at radius 1 is 1.04 bits per heavy atom. The van der Waals surface area contributed by atoms with Crippen molar-refractivity contribution in [1.29, 1.82) is 0 Å². The molecule has 2 rings (SSSR count). The molecule has 1 N–H and O–H groups in total. The number of hydrogen-bond donors (Lipinski definition) is 1. The lowest BCUT2D eigenvalue weighted by Gasteiger charge is -2.14. The molecule has 0 bridgehead atoms. The Bertz CT molecular complexity index is 690. The Hall–Kier alpha value is -2.89. The maximum absolute atomic E-state index is 13.3. The van der Waals surface area contributed by atoms with Gasteiger partial charge in [0.25, 0.3) is 5.91 Å². The van der Waals surface area contributed by atoms with Crippen LogP contribution in [0.25, 0.3) is 0 Å². The molecule has 0 saturated carbocycles. The van der Waals surface area contributed by atoms with Crippen molar-refractivity contribution in [3.05, 3.63) is 66.0 Å². The largest absolute Gasteiger partial charge is 0.479 e. The van der Waals surface area contributed by atoms with Gasteiger partial charge in [0.2, 0.25) is 0 Å². The zero-order chi connectivity index (χ0) is 17.4. The SMILES string of the molecule is C[C@@H](NC(=O)COC(=O)COc1ccccc1F)c1ccccc1. The Morgan fingerprint density at radius 3 is 2.42 bits per heavy atom. The summed E-state index contributed by atoms with van der Waals surface area (Å²) in [5.74, 6) is -1.79. The van der Waals surface area contributed by atoms with Gasteiger partial charge in [-0.15, -0.1) is 0 Å². The van der Waals surface area contributed by atoms with E-state index in [1.54, 1.807) is 6.07 Å². The number of hydrogen-bond acceptors (Lipinski definition) is 4. The van der Waals surface area contributed by atoms with Crippen LogP contribution in [0, 0.1) is 5.82 Å². The molecule has 0 aliphatic heterocycles. The highest BCUT2D eigenvalue weighted by Gasteiger charge is 2.12. The fraction of sp³-hybridized carbons (Fsp3) is 0.222. The molecule has 1 atom stereocenters. The summed E-state index contributed by atoms with van der Waals surface area (Å²) in [7, 11) is 0. The molecule has 2 aromatic carbocycles. The number of carbonyl (C=O) groups is 2. The molecule has 24 heavy (non-hydrogen) atoms. The summed E-state index contributed by atoms with van der Waals surface area (Å²) in [5.41, 5.74) is 0.945. The molecule has 0 aromatic heterocycles. The summed E-state index contributed by atoms with van der Waals surface area (Å²) in [6, 6.07) is 14.9. The third-order valence-corrected chi connectivity index (χ3v) is 3.22. The van der Waals surface area contributed by atoms with E-state index in [-0.39, 0.29) is 11.8 Å². The van der Waals surface area contributed by atoms with Crippen molar-refractivity contribution in [2.45, 2.75) is 13.0 Å². The first kappa shape index (κ1) is 17.5. The number of carbonyl (C=O) groups excluding carboxylic acids is 2. The van der Waals surface area contributed by atoms with Crippen LogP contribution in [0.3, 0.4) is 0 Å². The number of para-hydroxylation sites is 1. The third-order valence-electron chi connectivity index (χ3n) is 3.22. The van der Waals surface area contributed by atoms with Gasteiger partial charge in [0.15, 0.2) is 24.8 Å². The zero-order valence-corrected chi connectivity index (χ0v) is 13.2. The molecule has 5 nitrogen and oxygen atoms in total. The zero-order valence-electron chi connectivity index (χ0n) is 13.2. The van der Waals surface area contributed by atoms with Gasteiger partial charge in [0.1, 0.15) is 0 Å². The first-order chi connectivity index (χ1) is 11.6. The van der Waals surface area contributed by atoms with Crippen LogP contribution in [-0.2, 0) is 14.3 Å². The van der Waals surface area contributed by atoms with Gasteiger partial charge in [-0.2, -0.15) is 0 Å². The van der Waals surface area contributed by atoms with E-state index in [0.29, 0.717) is 0 Å². The van der Waals surface area contributed by atoms with E-state index >= 15 is 0 Å². The van der Waals surface area contributed by atoms with E-state index < -0.39 is 30.9 Å². The van der Waals surface area contributed by atoms with E-state index in [2.05, 4.69) is 5.32 Å². The Kier molecular flexibility index (Phi) is 6.31. The summed E-state index contributed by atoms with van der Waals surface area (Å²) in [6.45, 7) is 0.940. The van der Waals surface area contributed by atoms with E-state index in [0.717, 1.165) is 5.56 Å². The highest BCUT2D eigenvalue weighted by Crippen LogP contribution is 2.15. The molecule has 0 spiro atoms. The Labute approximate surface area is 139 Å². The Morgan fingerprint density at radius 2 is 1.71 bits per heavy atom. The van der Waals surface area contributed by atoms with E-state index in [4.69, 9.17) is 9.47 Å². The molecule has 0 unspecified atom stereocenters. The number of nitrogens with one attached hydrogen (secondary N) is 1. The predicted octanol–water partition coefficient (Wildman–Crippen LogP) is 2.63. The number of esters is 1. The molecule has 6 heteroatoms. The van der Waals surface area contributed by atoms with Crippen LogP contribution in [0.1, 0.15) is 18.5 Å². The molecule has 0 aliphatic carbocycles. The molecule has 126 valence electrons. The van der Waals surface area contributed by atoms with Crippen molar-refractivity contribution in [2.24, 2.45) is 0 Å². The second-order valence-corrected chi connectivity index (χ2v) is 5.08. The molecular formula is C18H18FNO4. The van der Waals surface area contributed by atoms with Crippen LogP contribution in [0.4, 0.5) is 4.39 Å².